The van der Waals surface area contributed by atoms with Crippen LogP contribution in [0, 0.1) is 12.3 Å². The van der Waals surface area contributed by atoms with Gasteiger partial charge in [0, 0.05) is 18.4 Å². The van der Waals surface area contributed by atoms with Gasteiger partial charge in [0.25, 0.3) is 0 Å². The third kappa shape index (κ3) is 8.94. The number of hydrogen-bond donors (Lipinski definition) is 1. The number of carbonyl (C=O) groups is 1. The number of nitrogens with one attached hydrogen (secondary N) is 1. The fraction of sp³-hybridized carbons (Fsp3) is 0.727. The Morgan fingerprint density at radius 1 is 1.38 bits per heavy atom. The predicted molar refractivity (Wildman–Crippen MR) is 55.2 cm³/mol. The maximum atomic E-state index is 11.3. The van der Waals surface area contributed by atoms with Crippen LogP contribution in [0.5, 0.6) is 0 Å². The predicted octanol–water partition coefficient (Wildman–Crippen LogP) is 2.09. The van der Waals surface area contributed by atoms with Crippen LogP contribution >= 0.6 is 0 Å². The van der Waals surface area contributed by atoms with Crippen LogP contribution < -0.4 is 5.32 Å². The summed E-state index contributed by atoms with van der Waals surface area (Å²) in [5.41, 5.74) is -0.122. The van der Waals surface area contributed by atoms with Crippen molar-refractivity contribution >= 4 is 5.91 Å². The van der Waals surface area contributed by atoms with Crippen LogP contribution in [0.25, 0.3) is 0 Å². The first-order valence-corrected chi connectivity index (χ1v) is 4.70. The van der Waals surface area contributed by atoms with E-state index in [9.17, 15) is 4.79 Å². The van der Waals surface area contributed by atoms with Crippen LogP contribution in [0.2, 0.25) is 0 Å². The zero-order valence-corrected chi connectivity index (χ0v) is 8.81. The number of unbranched alkanes of at least 4 members (excludes halogenated alkanes) is 2. The molecule has 2 heteroatoms. The largest absolute Gasteiger partial charge is 0.352 e. The van der Waals surface area contributed by atoms with Crippen molar-refractivity contribution in [1.82, 2.24) is 5.32 Å². The minimum Gasteiger partial charge on any atom is -0.352 e. The first-order chi connectivity index (χ1) is 5.95. The second-order valence-corrected chi connectivity index (χ2v) is 4.21. The molecule has 2 nitrogen and oxygen atoms in total. The molecule has 0 aliphatic rings. The molecule has 0 aliphatic heterocycles. The number of hydrogen-bond acceptors (Lipinski definition) is 1. The summed E-state index contributed by atoms with van der Waals surface area (Å²) in [6, 6.07) is 0. The summed E-state index contributed by atoms with van der Waals surface area (Å²) >= 11 is 0. The van der Waals surface area contributed by atoms with Crippen LogP contribution in [0.1, 0.15) is 46.5 Å². The highest BCUT2D eigenvalue weighted by Gasteiger charge is 2.12. The maximum absolute atomic E-state index is 11.3. The molecule has 0 rings (SSSR count). The van der Waals surface area contributed by atoms with Crippen molar-refractivity contribution < 1.29 is 4.79 Å². The van der Waals surface area contributed by atoms with E-state index < -0.39 is 0 Å². The van der Waals surface area contributed by atoms with E-state index in [0.29, 0.717) is 6.42 Å². The summed E-state index contributed by atoms with van der Waals surface area (Å²) < 4.78 is 0. The van der Waals surface area contributed by atoms with E-state index in [1.807, 2.05) is 20.8 Å². The molecule has 0 aromatic carbocycles. The zero-order chi connectivity index (χ0) is 10.3. The SMILES string of the molecule is C#CCCCCC(=O)NC(C)(C)C. The summed E-state index contributed by atoms with van der Waals surface area (Å²) in [4.78, 5) is 11.3. The Labute approximate surface area is 81.1 Å². The van der Waals surface area contributed by atoms with E-state index in [2.05, 4.69) is 11.2 Å². The molecule has 13 heavy (non-hydrogen) atoms. The van der Waals surface area contributed by atoms with Gasteiger partial charge in [-0.25, -0.2) is 0 Å². The third-order valence-corrected chi connectivity index (χ3v) is 1.49. The lowest BCUT2D eigenvalue weighted by Gasteiger charge is -2.20. The minimum absolute atomic E-state index is 0.115. The van der Waals surface area contributed by atoms with E-state index in [-0.39, 0.29) is 11.4 Å². The Morgan fingerprint density at radius 3 is 2.46 bits per heavy atom. The van der Waals surface area contributed by atoms with Gasteiger partial charge in [-0.05, 0) is 33.6 Å². The van der Waals surface area contributed by atoms with Gasteiger partial charge in [-0.2, -0.15) is 0 Å². The zero-order valence-electron chi connectivity index (χ0n) is 8.81. The van der Waals surface area contributed by atoms with Crippen LogP contribution in [0.15, 0.2) is 0 Å². The van der Waals surface area contributed by atoms with E-state index in [0.717, 1.165) is 19.3 Å². The van der Waals surface area contributed by atoms with Gasteiger partial charge >= 0.3 is 0 Å². The molecule has 0 saturated heterocycles. The molecule has 0 aromatic rings. The molecule has 1 amide bonds. The number of carbonyl (C=O) groups excluding carboxylic acids is 1. The summed E-state index contributed by atoms with van der Waals surface area (Å²) in [5.74, 6) is 2.67. The standard InChI is InChI=1S/C11H19NO/c1-5-6-7-8-9-10(13)12-11(2,3)4/h1H,6-9H2,2-4H3,(H,12,13). The smallest absolute Gasteiger partial charge is 0.220 e. The highest BCUT2D eigenvalue weighted by molar-refractivity contribution is 5.76. The highest BCUT2D eigenvalue weighted by Crippen LogP contribution is 2.03. The van der Waals surface area contributed by atoms with Crippen LogP contribution in [0.3, 0.4) is 0 Å². The lowest BCUT2D eigenvalue weighted by molar-refractivity contribution is -0.122. The molecule has 0 saturated carbocycles. The van der Waals surface area contributed by atoms with Crippen molar-refractivity contribution in [3.63, 3.8) is 0 Å². The van der Waals surface area contributed by atoms with Crippen LogP contribution in [0.4, 0.5) is 0 Å². The van der Waals surface area contributed by atoms with Crippen molar-refractivity contribution in [1.29, 1.82) is 0 Å². The normalized spacial score (nSPS) is 10.6. The lowest BCUT2D eigenvalue weighted by atomic mass is 10.1. The molecule has 0 aromatic heterocycles. The summed E-state index contributed by atoms with van der Waals surface area (Å²) in [6.45, 7) is 5.94. The molecule has 0 fully saturated rings. The van der Waals surface area contributed by atoms with Gasteiger partial charge < -0.3 is 5.32 Å². The van der Waals surface area contributed by atoms with E-state index >= 15 is 0 Å². The van der Waals surface area contributed by atoms with Crippen molar-refractivity contribution in [2.75, 3.05) is 0 Å². The Balaban J connectivity index is 3.48. The fourth-order valence-electron chi connectivity index (χ4n) is 0.993. The summed E-state index contributed by atoms with van der Waals surface area (Å²) in [5, 5.41) is 2.91. The van der Waals surface area contributed by atoms with Gasteiger partial charge in [0.1, 0.15) is 0 Å². The molecule has 0 unspecified atom stereocenters. The Hall–Kier alpha value is -0.970. The summed E-state index contributed by atoms with van der Waals surface area (Å²) in [6.07, 6.45) is 8.27. The fourth-order valence-corrected chi connectivity index (χ4v) is 0.993. The molecule has 0 atom stereocenters. The first kappa shape index (κ1) is 12.0. The Bertz CT molecular complexity index is 195. The molecule has 0 bridgehead atoms. The molecular weight excluding hydrogens is 162 g/mol. The molecule has 0 aliphatic carbocycles. The van der Waals surface area contributed by atoms with E-state index in [4.69, 9.17) is 6.42 Å². The van der Waals surface area contributed by atoms with Crippen LogP contribution in [-0.2, 0) is 4.79 Å². The van der Waals surface area contributed by atoms with Crippen LogP contribution in [-0.4, -0.2) is 11.4 Å². The summed E-state index contributed by atoms with van der Waals surface area (Å²) in [7, 11) is 0. The molecule has 1 N–H and O–H groups in total. The van der Waals surface area contributed by atoms with Gasteiger partial charge in [-0.15, -0.1) is 12.3 Å². The van der Waals surface area contributed by atoms with Gasteiger partial charge in [0.15, 0.2) is 0 Å². The first-order valence-electron chi connectivity index (χ1n) is 4.70. The maximum Gasteiger partial charge on any atom is 0.220 e. The topological polar surface area (TPSA) is 29.1 Å². The molecule has 0 radical (unpaired) electrons. The molecule has 74 valence electrons. The van der Waals surface area contributed by atoms with E-state index in [1.54, 1.807) is 0 Å². The quantitative estimate of drug-likeness (QED) is 0.522. The lowest BCUT2D eigenvalue weighted by Crippen LogP contribution is -2.40. The van der Waals surface area contributed by atoms with Gasteiger partial charge in [0.05, 0.1) is 0 Å². The molecule has 0 spiro atoms. The second kappa shape index (κ2) is 5.64. The number of terminal acetylenes is 1. The average Bonchev–Trinajstić information content (AvgIpc) is 1.94. The Kier molecular flexibility index (Phi) is 5.22. The van der Waals surface area contributed by atoms with Crippen molar-refractivity contribution in [2.24, 2.45) is 0 Å². The highest BCUT2D eigenvalue weighted by atomic mass is 16.1. The monoisotopic (exact) mass is 181 g/mol. The van der Waals surface area contributed by atoms with E-state index in [1.165, 1.54) is 0 Å². The number of rotatable bonds is 4. The van der Waals surface area contributed by atoms with Gasteiger partial charge in [-0.1, -0.05) is 0 Å². The Morgan fingerprint density at radius 2 is 2.00 bits per heavy atom. The van der Waals surface area contributed by atoms with Crippen molar-refractivity contribution in [3.8, 4) is 12.3 Å². The van der Waals surface area contributed by atoms with Gasteiger partial charge in [-0.3, -0.25) is 4.79 Å². The second-order valence-electron chi connectivity index (χ2n) is 4.21. The molecular formula is C11H19NO. The van der Waals surface area contributed by atoms with Crippen molar-refractivity contribution in [2.45, 2.75) is 52.0 Å². The minimum atomic E-state index is -0.122. The average molecular weight is 181 g/mol. The molecule has 0 heterocycles. The third-order valence-electron chi connectivity index (χ3n) is 1.49. The number of amides is 1. The van der Waals surface area contributed by atoms with Crippen molar-refractivity contribution in [3.05, 3.63) is 0 Å². The van der Waals surface area contributed by atoms with Gasteiger partial charge in [0.2, 0.25) is 5.91 Å².